The number of rotatable bonds is 6. The van der Waals surface area contributed by atoms with Crippen LogP contribution < -0.4 is 0 Å². The van der Waals surface area contributed by atoms with Crippen LogP contribution >= 0.6 is 0 Å². The lowest BCUT2D eigenvalue weighted by Gasteiger charge is -2.32. The summed E-state index contributed by atoms with van der Waals surface area (Å²) in [7, 11) is 0. The smallest absolute Gasteiger partial charge is 0.303 e. The maximum absolute atomic E-state index is 11.1. The highest BCUT2D eigenvalue weighted by atomic mass is 16.4. The summed E-state index contributed by atoms with van der Waals surface area (Å²) < 4.78 is 0. The van der Waals surface area contributed by atoms with Crippen LogP contribution in [0.25, 0.3) is 11.1 Å². The van der Waals surface area contributed by atoms with E-state index in [0.29, 0.717) is 6.42 Å². The van der Waals surface area contributed by atoms with E-state index in [1.54, 1.807) is 0 Å². The van der Waals surface area contributed by atoms with Gasteiger partial charge in [0.25, 0.3) is 0 Å². The molecular weight excluding hydrogens is 322 g/mol. The fraction of sp³-hybridized carbons (Fsp3) is 0.217. The van der Waals surface area contributed by atoms with Crippen molar-refractivity contribution in [3.8, 4) is 11.1 Å². The largest absolute Gasteiger partial charge is 0.481 e. The third-order valence-corrected chi connectivity index (χ3v) is 5.42. The molecule has 1 aliphatic carbocycles. The van der Waals surface area contributed by atoms with E-state index in [9.17, 15) is 4.79 Å². The minimum atomic E-state index is -0.733. The molecule has 1 aliphatic rings. The molecule has 1 aromatic heterocycles. The minimum absolute atomic E-state index is 0.190. The van der Waals surface area contributed by atoms with Gasteiger partial charge >= 0.3 is 5.97 Å². The quantitative estimate of drug-likeness (QED) is 0.696. The van der Waals surface area contributed by atoms with Crippen LogP contribution in [0.2, 0.25) is 0 Å². The zero-order valence-electron chi connectivity index (χ0n) is 14.6. The second-order valence-electron chi connectivity index (χ2n) is 6.95. The molecule has 3 heteroatoms. The Kier molecular flexibility index (Phi) is 4.29. The first kappa shape index (κ1) is 16.5. The normalized spacial score (nSPS) is 13.8. The first-order valence-corrected chi connectivity index (χ1v) is 9.01. The van der Waals surface area contributed by atoms with Crippen molar-refractivity contribution in [2.75, 3.05) is 0 Å². The number of pyridine rings is 1. The highest BCUT2D eigenvalue weighted by molar-refractivity contribution is 5.81. The molecule has 1 heterocycles. The molecule has 0 radical (unpaired) electrons. The first-order chi connectivity index (χ1) is 12.7. The molecule has 0 spiro atoms. The van der Waals surface area contributed by atoms with Crippen molar-refractivity contribution in [1.82, 2.24) is 4.98 Å². The number of carboxylic acid groups (broad SMARTS) is 1. The Morgan fingerprint density at radius 2 is 1.46 bits per heavy atom. The molecule has 1 N–H and O–H groups in total. The van der Waals surface area contributed by atoms with Crippen molar-refractivity contribution >= 4 is 5.97 Å². The van der Waals surface area contributed by atoms with Gasteiger partial charge < -0.3 is 5.11 Å². The molecule has 2 aromatic carbocycles. The van der Waals surface area contributed by atoms with Crippen LogP contribution in [0.4, 0.5) is 0 Å². The standard InChI is InChI=1S/C23H21NO2/c25-22(26)10-5-13-23(16-17-11-14-24-15-12-17)20-8-3-1-6-18(20)19-7-2-4-9-21(19)23/h1-4,6-9,11-12,14-15H,5,10,13,16H2,(H,25,26). The third kappa shape index (κ3) is 2.80. The molecular formula is C23H21NO2. The van der Waals surface area contributed by atoms with Crippen molar-refractivity contribution < 1.29 is 9.90 Å². The maximum atomic E-state index is 11.1. The maximum Gasteiger partial charge on any atom is 0.303 e. The molecule has 0 unspecified atom stereocenters. The second-order valence-corrected chi connectivity index (χ2v) is 6.95. The SMILES string of the molecule is O=C(O)CCCC1(Cc2ccncc2)c2ccccc2-c2ccccc21. The van der Waals surface area contributed by atoms with Gasteiger partial charge in [-0.2, -0.15) is 0 Å². The third-order valence-electron chi connectivity index (χ3n) is 5.42. The summed E-state index contributed by atoms with van der Waals surface area (Å²) in [6, 6.07) is 21.2. The predicted octanol–water partition coefficient (Wildman–Crippen LogP) is 4.85. The summed E-state index contributed by atoms with van der Waals surface area (Å²) in [5.41, 5.74) is 6.19. The molecule has 0 saturated carbocycles. The Balaban J connectivity index is 1.85. The summed E-state index contributed by atoms with van der Waals surface area (Å²) >= 11 is 0. The number of hydrogen-bond acceptors (Lipinski definition) is 2. The van der Waals surface area contributed by atoms with Gasteiger partial charge in [-0.25, -0.2) is 0 Å². The average Bonchev–Trinajstić information content (AvgIpc) is 2.93. The van der Waals surface area contributed by atoms with Crippen LogP contribution in [0.1, 0.15) is 36.0 Å². The monoisotopic (exact) mass is 343 g/mol. The van der Waals surface area contributed by atoms with Gasteiger partial charge in [-0.15, -0.1) is 0 Å². The fourth-order valence-corrected chi connectivity index (χ4v) is 4.35. The zero-order valence-corrected chi connectivity index (χ0v) is 14.6. The van der Waals surface area contributed by atoms with Gasteiger partial charge in [0, 0.05) is 24.2 Å². The molecule has 0 bridgehead atoms. The van der Waals surface area contributed by atoms with Crippen molar-refractivity contribution in [2.24, 2.45) is 0 Å². The van der Waals surface area contributed by atoms with Crippen LogP contribution in [0.3, 0.4) is 0 Å². The summed E-state index contributed by atoms with van der Waals surface area (Å²) in [6.45, 7) is 0. The highest BCUT2D eigenvalue weighted by Gasteiger charge is 2.42. The number of benzene rings is 2. The summed E-state index contributed by atoms with van der Waals surface area (Å²) in [5.74, 6) is -0.733. The highest BCUT2D eigenvalue weighted by Crippen LogP contribution is 2.52. The molecule has 3 aromatic rings. The fourth-order valence-electron chi connectivity index (χ4n) is 4.35. The van der Waals surface area contributed by atoms with Crippen LogP contribution in [0.5, 0.6) is 0 Å². The number of hydrogen-bond donors (Lipinski definition) is 1. The Labute approximate surface area is 153 Å². The van der Waals surface area contributed by atoms with Crippen molar-refractivity contribution in [1.29, 1.82) is 0 Å². The van der Waals surface area contributed by atoms with Crippen LogP contribution in [0, 0.1) is 0 Å². The van der Waals surface area contributed by atoms with Crippen LogP contribution in [0.15, 0.2) is 73.1 Å². The van der Waals surface area contributed by atoms with Gasteiger partial charge in [-0.3, -0.25) is 9.78 Å². The lowest BCUT2D eigenvalue weighted by molar-refractivity contribution is -0.137. The van der Waals surface area contributed by atoms with Gasteiger partial charge in [0.2, 0.25) is 0 Å². The van der Waals surface area contributed by atoms with Gasteiger partial charge in [0.05, 0.1) is 0 Å². The van der Waals surface area contributed by atoms with E-state index >= 15 is 0 Å². The number of fused-ring (bicyclic) bond motifs is 3. The Bertz CT molecular complexity index is 888. The molecule has 0 amide bonds. The van der Waals surface area contributed by atoms with E-state index in [-0.39, 0.29) is 11.8 Å². The first-order valence-electron chi connectivity index (χ1n) is 9.01. The summed E-state index contributed by atoms with van der Waals surface area (Å²) in [4.78, 5) is 15.3. The van der Waals surface area contributed by atoms with Gasteiger partial charge in [0.15, 0.2) is 0 Å². The van der Waals surface area contributed by atoms with Crippen molar-refractivity contribution in [3.05, 3.63) is 89.7 Å². The number of carboxylic acids is 1. The number of nitrogens with zero attached hydrogens (tertiary/aromatic N) is 1. The Morgan fingerprint density at radius 3 is 2.04 bits per heavy atom. The van der Waals surface area contributed by atoms with Gasteiger partial charge in [-0.05, 0) is 59.2 Å². The lowest BCUT2D eigenvalue weighted by atomic mass is 9.70. The minimum Gasteiger partial charge on any atom is -0.481 e. The van der Waals surface area contributed by atoms with Gasteiger partial charge in [-0.1, -0.05) is 48.5 Å². The molecule has 0 atom stereocenters. The molecule has 4 rings (SSSR count). The molecule has 130 valence electrons. The Morgan fingerprint density at radius 1 is 0.885 bits per heavy atom. The van der Waals surface area contributed by atoms with Crippen molar-refractivity contribution in [2.45, 2.75) is 31.1 Å². The number of carbonyl (C=O) groups is 1. The Hall–Kier alpha value is -2.94. The second kappa shape index (κ2) is 6.75. The lowest BCUT2D eigenvalue weighted by Crippen LogP contribution is -2.28. The molecule has 3 nitrogen and oxygen atoms in total. The zero-order chi connectivity index (χ0) is 18.0. The number of aliphatic carboxylic acids is 1. The molecule has 26 heavy (non-hydrogen) atoms. The number of aromatic nitrogens is 1. The summed E-state index contributed by atoms with van der Waals surface area (Å²) in [5, 5.41) is 9.14. The topological polar surface area (TPSA) is 50.2 Å². The van der Waals surface area contributed by atoms with E-state index in [1.807, 2.05) is 12.4 Å². The molecule has 0 aliphatic heterocycles. The van der Waals surface area contributed by atoms with Crippen LogP contribution in [-0.4, -0.2) is 16.1 Å². The van der Waals surface area contributed by atoms with Gasteiger partial charge in [0.1, 0.15) is 0 Å². The van der Waals surface area contributed by atoms with Crippen molar-refractivity contribution in [3.63, 3.8) is 0 Å². The molecule has 0 saturated heterocycles. The van der Waals surface area contributed by atoms with E-state index in [0.717, 1.165) is 12.8 Å². The summed E-state index contributed by atoms with van der Waals surface area (Å²) in [6.07, 6.45) is 6.17. The molecule has 0 fully saturated rings. The van der Waals surface area contributed by atoms with E-state index in [1.165, 1.54) is 27.8 Å². The van der Waals surface area contributed by atoms with E-state index < -0.39 is 5.97 Å². The van der Waals surface area contributed by atoms with Crippen LogP contribution in [-0.2, 0) is 16.6 Å². The van der Waals surface area contributed by atoms with E-state index in [2.05, 4.69) is 65.6 Å². The van der Waals surface area contributed by atoms with E-state index in [4.69, 9.17) is 5.11 Å². The average molecular weight is 343 g/mol. The predicted molar refractivity (Wildman–Crippen MR) is 102 cm³/mol.